The monoisotopic (exact) mass is 388 g/mol. The van der Waals surface area contributed by atoms with Gasteiger partial charge >= 0.3 is 5.97 Å². The number of anilines is 1. The fraction of sp³-hybridized carbons (Fsp3) is 0.111. The van der Waals surface area contributed by atoms with Crippen LogP contribution in [0.5, 0.6) is 0 Å². The van der Waals surface area contributed by atoms with E-state index in [-0.39, 0.29) is 10.6 Å². The van der Waals surface area contributed by atoms with Gasteiger partial charge in [0.2, 0.25) is 0 Å². The summed E-state index contributed by atoms with van der Waals surface area (Å²) in [5, 5.41) is 13.9. The van der Waals surface area contributed by atoms with Gasteiger partial charge in [0.15, 0.2) is 6.10 Å². The predicted molar refractivity (Wildman–Crippen MR) is 98.4 cm³/mol. The molecule has 2 aromatic carbocycles. The molecule has 0 unspecified atom stereocenters. The van der Waals surface area contributed by atoms with Gasteiger partial charge in [-0.05, 0) is 43.3 Å². The van der Waals surface area contributed by atoms with Crippen molar-refractivity contribution in [1.29, 1.82) is 0 Å². The van der Waals surface area contributed by atoms with Gasteiger partial charge in [-0.3, -0.25) is 14.9 Å². The number of amides is 1. The number of halogens is 1. The molecule has 27 heavy (non-hydrogen) atoms. The van der Waals surface area contributed by atoms with E-state index < -0.39 is 28.7 Å². The van der Waals surface area contributed by atoms with E-state index in [2.05, 4.69) is 5.32 Å². The summed E-state index contributed by atoms with van der Waals surface area (Å²) in [6.45, 7) is 1.41. The van der Waals surface area contributed by atoms with Crippen LogP contribution < -0.4 is 5.32 Å². The highest BCUT2D eigenvalue weighted by atomic mass is 32.1. The number of nitro benzene ring substituents is 1. The predicted octanol–water partition coefficient (Wildman–Crippen LogP) is 4.13. The maximum absolute atomic E-state index is 12.9. The van der Waals surface area contributed by atoms with E-state index in [4.69, 9.17) is 4.74 Å². The highest BCUT2D eigenvalue weighted by Gasteiger charge is 2.21. The number of hydrogen-bond acceptors (Lipinski definition) is 6. The zero-order valence-electron chi connectivity index (χ0n) is 14.0. The fourth-order valence-corrected chi connectivity index (χ4v) is 3.22. The van der Waals surface area contributed by atoms with Crippen LogP contribution in [0.25, 0.3) is 10.1 Å². The molecule has 0 bridgehead atoms. The molecular weight excluding hydrogens is 375 g/mol. The van der Waals surface area contributed by atoms with Gasteiger partial charge in [-0.15, -0.1) is 11.3 Å². The zero-order chi connectivity index (χ0) is 19.6. The SMILES string of the molecule is C[C@@H](OC(=O)c1cc2cc([N+](=O)[O-])ccc2s1)C(=O)Nc1ccc(F)cc1. The number of nitrogens with one attached hydrogen (secondary N) is 1. The van der Waals surface area contributed by atoms with Crippen LogP contribution in [0.3, 0.4) is 0 Å². The smallest absolute Gasteiger partial charge is 0.349 e. The molecule has 0 fully saturated rings. The van der Waals surface area contributed by atoms with Crippen molar-refractivity contribution in [1.82, 2.24) is 0 Å². The molecule has 0 aliphatic carbocycles. The van der Waals surface area contributed by atoms with Crippen molar-refractivity contribution in [2.75, 3.05) is 5.32 Å². The van der Waals surface area contributed by atoms with Gasteiger partial charge in [0, 0.05) is 27.9 Å². The standard InChI is InChI=1S/C18H13FN2O5S/c1-10(17(22)20-13-4-2-12(19)3-5-13)26-18(23)16-9-11-8-14(21(24)25)6-7-15(11)27-16/h2-10H,1H3,(H,20,22)/t10-/m1/s1. The van der Waals surface area contributed by atoms with E-state index in [1.807, 2.05) is 0 Å². The van der Waals surface area contributed by atoms with Crippen LogP contribution in [0.4, 0.5) is 15.8 Å². The number of thiophene rings is 1. The van der Waals surface area contributed by atoms with Gasteiger partial charge in [-0.2, -0.15) is 0 Å². The highest BCUT2D eigenvalue weighted by Crippen LogP contribution is 2.29. The molecule has 1 atom stereocenters. The summed E-state index contributed by atoms with van der Waals surface area (Å²) in [7, 11) is 0. The van der Waals surface area contributed by atoms with Crippen LogP contribution >= 0.6 is 11.3 Å². The molecule has 1 amide bonds. The Hall–Kier alpha value is -3.33. The van der Waals surface area contributed by atoms with E-state index in [1.165, 1.54) is 49.4 Å². The first kappa shape index (κ1) is 18.5. The summed E-state index contributed by atoms with van der Waals surface area (Å²) >= 11 is 1.11. The van der Waals surface area contributed by atoms with Gasteiger partial charge < -0.3 is 10.1 Å². The zero-order valence-corrected chi connectivity index (χ0v) is 14.8. The van der Waals surface area contributed by atoms with Crippen molar-refractivity contribution in [3.8, 4) is 0 Å². The summed E-state index contributed by atoms with van der Waals surface area (Å²) in [6.07, 6.45) is -1.08. The van der Waals surface area contributed by atoms with Crippen LogP contribution in [0, 0.1) is 15.9 Å². The number of rotatable bonds is 5. The Morgan fingerprint density at radius 1 is 1.19 bits per heavy atom. The molecule has 0 radical (unpaired) electrons. The number of fused-ring (bicyclic) bond motifs is 1. The van der Waals surface area contributed by atoms with Crippen molar-refractivity contribution in [3.63, 3.8) is 0 Å². The highest BCUT2D eigenvalue weighted by molar-refractivity contribution is 7.20. The molecular formula is C18H13FN2O5S. The summed E-state index contributed by atoms with van der Waals surface area (Å²) in [5.41, 5.74) is 0.297. The topological polar surface area (TPSA) is 98.5 Å². The Morgan fingerprint density at radius 3 is 2.56 bits per heavy atom. The minimum Gasteiger partial charge on any atom is -0.448 e. The first-order valence-electron chi connectivity index (χ1n) is 7.79. The van der Waals surface area contributed by atoms with Crippen molar-refractivity contribution < 1.29 is 23.6 Å². The fourth-order valence-electron chi connectivity index (χ4n) is 2.29. The largest absolute Gasteiger partial charge is 0.448 e. The number of hydrogen-bond donors (Lipinski definition) is 1. The normalized spacial score (nSPS) is 11.8. The van der Waals surface area contributed by atoms with Crippen LogP contribution in [-0.2, 0) is 9.53 Å². The second kappa shape index (κ2) is 7.50. The molecule has 3 rings (SSSR count). The molecule has 3 aromatic rings. The molecule has 9 heteroatoms. The number of ether oxygens (including phenoxy) is 1. The summed E-state index contributed by atoms with van der Waals surface area (Å²) in [4.78, 5) is 34.9. The molecule has 138 valence electrons. The maximum atomic E-state index is 12.9. The molecule has 0 saturated carbocycles. The van der Waals surface area contributed by atoms with Crippen LogP contribution in [-0.4, -0.2) is 22.9 Å². The number of carbonyl (C=O) groups excluding carboxylic acids is 2. The third kappa shape index (κ3) is 4.26. The first-order chi connectivity index (χ1) is 12.8. The number of esters is 1. The number of nitrogens with zero attached hydrogens (tertiary/aromatic N) is 1. The van der Waals surface area contributed by atoms with Crippen molar-refractivity contribution in [2.45, 2.75) is 13.0 Å². The lowest BCUT2D eigenvalue weighted by Crippen LogP contribution is -2.29. The lowest BCUT2D eigenvalue weighted by Gasteiger charge is -2.12. The first-order valence-corrected chi connectivity index (χ1v) is 8.60. The Morgan fingerprint density at radius 2 is 1.89 bits per heavy atom. The Balaban J connectivity index is 1.68. The second-order valence-electron chi connectivity index (χ2n) is 5.63. The van der Waals surface area contributed by atoms with Crippen molar-refractivity contribution in [2.24, 2.45) is 0 Å². The van der Waals surface area contributed by atoms with Crippen LogP contribution in [0.1, 0.15) is 16.6 Å². The van der Waals surface area contributed by atoms with Gasteiger partial charge in [-0.25, -0.2) is 9.18 Å². The molecule has 7 nitrogen and oxygen atoms in total. The molecule has 0 aliphatic heterocycles. The molecule has 1 aromatic heterocycles. The second-order valence-corrected chi connectivity index (χ2v) is 6.72. The van der Waals surface area contributed by atoms with Crippen LogP contribution in [0.2, 0.25) is 0 Å². The van der Waals surface area contributed by atoms with Gasteiger partial charge in [-0.1, -0.05) is 0 Å². The quantitative estimate of drug-likeness (QED) is 0.402. The number of nitro groups is 1. The number of non-ortho nitro benzene ring substituents is 1. The minimum atomic E-state index is -1.08. The molecule has 0 saturated heterocycles. The number of benzene rings is 2. The Kier molecular flexibility index (Phi) is 5.13. The van der Waals surface area contributed by atoms with E-state index in [1.54, 1.807) is 6.07 Å². The molecule has 1 heterocycles. The minimum absolute atomic E-state index is 0.0766. The summed E-state index contributed by atoms with van der Waals surface area (Å²) in [5.74, 6) is -1.70. The molecule has 0 spiro atoms. The van der Waals surface area contributed by atoms with E-state index in [0.29, 0.717) is 15.8 Å². The molecule has 0 aliphatic rings. The molecule has 1 N–H and O–H groups in total. The lowest BCUT2D eigenvalue weighted by atomic mass is 10.2. The van der Waals surface area contributed by atoms with Crippen LogP contribution in [0.15, 0.2) is 48.5 Å². The van der Waals surface area contributed by atoms with Gasteiger partial charge in [0.1, 0.15) is 10.7 Å². The number of carbonyl (C=O) groups is 2. The van der Waals surface area contributed by atoms with Crippen molar-refractivity contribution >= 4 is 44.7 Å². The maximum Gasteiger partial charge on any atom is 0.349 e. The Bertz CT molecular complexity index is 1030. The van der Waals surface area contributed by atoms with Gasteiger partial charge in [0.05, 0.1) is 4.92 Å². The van der Waals surface area contributed by atoms with E-state index >= 15 is 0 Å². The average Bonchev–Trinajstić information content (AvgIpc) is 3.06. The summed E-state index contributed by atoms with van der Waals surface area (Å²) in [6, 6.07) is 10.9. The average molecular weight is 388 g/mol. The van der Waals surface area contributed by atoms with Crippen molar-refractivity contribution in [3.05, 3.63) is 69.3 Å². The summed E-state index contributed by atoms with van der Waals surface area (Å²) < 4.78 is 18.7. The van der Waals surface area contributed by atoms with Gasteiger partial charge in [0.25, 0.3) is 11.6 Å². The van der Waals surface area contributed by atoms with E-state index in [0.717, 1.165) is 11.3 Å². The lowest BCUT2D eigenvalue weighted by molar-refractivity contribution is -0.384. The third-order valence-electron chi connectivity index (χ3n) is 3.68. The van der Waals surface area contributed by atoms with E-state index in [9.17, 15) is 24.1 Å². The third-order valence-corrected chi connectivity index (χ3v) is 4.77. The Labute approximate surface area is 156 Å².